The summed E-state index contributed by atoms with van der Waals surface area (Å²) in [7, 11) is -3.47. The Balaban J connectivity index is 2.66. The molecule has 6 heteroatoms. The van der Waals surface area contributed by atoms with Crippen molar-refractivity contribution >= 4 is 10.0 Å². The van der Waals surface area contributed by atoms with Gasteiger partial charge in [-0.1, -0.05) is 6.92 Å². The third kappa shape index (κ3) is 4.15. The lowest BCUT2D eigenvalue weighted by atomic mass is 10.2. The molecule has 0 bridgehead atoms. The lowest BCUT2D eigenvalue weighted by molar-refractivity contribution is 0.577. The Morgan fingerprint density at radius 3 is 2.41 bits per heavy atom. The molecule has 1 rings (SSSR count). The summed E-state index contributed by atoms with van der Waals surface area (Å²) in [6.07, 6.45) is 0. The lowest BCUT2D eigenvalue weighted by Crippen LogP contribution is -2.31. The molecule has 0 aliphatic carbocycles. The Hall–Kier alpha value is -1.42. The molecule has 2 N–H and O–H groups in total. The van der Waals surface area contributed by atoms with Crippen molar-refractivity contribution in [3.63, 3.8) is 0 Å². The highest BCUT2D eigenvalue weighted by molar-refractivity contribution is 7.89. The fourth-order valence-electron chi connectivity index (χ4n) is 1.24. The third-order valence-electron chi connectivity index (χ3n) is 2.14. The van der Waals surface area contributed by atoms with Crippen LogP contribution in [-0.2, 0) is 10.0 Å². The van der Waals surface area contributed by atoms with Crippen LogP contribution in [0.1, 0.15) is 12.5 Å². The van der Waals surface area contributed by atoms with Gasteiger partial charge in [0.05, 0.1) is 16.5 Å². The Bertz CT molecular complexity index is 488. The van der Waals surface area contributed by atoms with Crippen LogP contribution in [0.3, 0.4) is 0 Å². The summed E-state index contributed by atoms with van der Waals surface area (Å²) >= 11 is 0. The number of nitrogens with one attached hydrogen (secondary N) is 2. The van der Waals surface area contributed by atoms with Gasteiger partial charge in [0, 0.05) is 13.1 Å². The monoisotopic (exact) mass is 253 g/mol. The smallest absolute Gasteiger partial charge is 0.240 e. The maximum atomic E-state index is 11.8. The van der Waals surface area contributed by atoms with Crippen LogP contribution in [0.2, 0.25) is 0 Å². The van der Waals surface area contributed by atoms with Gasteiger partial charge < -0.3 is 5.32 Å². The number of nitrogens with zero attached hydrogens (tertiary/aromatic N) is 1. The van der Waals surface area contributed by atoms with E-state index in [1.54, 1.807) is 0 Å². The minimum atomic E-state index is -3.47. The van der Waals surface area contributed by atoms with E-state index >= 15 is 0 Å². The molecular formula is C11H15N3O2S. The van der Waals surface area contributed by atoms with Gasteiger partial charge >= 0.3 is 0 Å². The van der Waals surface area contributed by atoms with Gasteiger partial charge in [0.2, 0.25) is 10.0 Å². The first-order valence-corrected chi connectivity index (χ1v) is 6.79. The average molecular weight is 253 g/mol. The molecule has 92 valence electrons. The van der Waals surface area contributed by atoms with E-state index in [0.717, 1.165) is 6.54 Å². The van der Waals surface area contributed by atoms with Crippen LogP contribution in [0.4, 0.5) is 0 Å². The highest BCUT2D eigenvalue weighted by atomic mass is 32.2. The van der Waals surface area contributed by atoms with Crippen molar-refractivity contribution in [3.8, 4) is 6.07 Å². The van der Waals surface area contributed by atoms with E-state index < -0.39 is 10.0 Å². The van der Waals surface area contributed by atoms with Crippen molar-refractivity contribution in [2.75, 3.05) is 19.6 Å². The lowest BCUT2D eigenvalue weighted by Gasteiger charge is -2.06. The van der Waals surface area contributed by atoms with Crippen molar-refractivity contribution in [3.05, 3.63) is 29.8 Å². The molecule has 0 aliphatic heterocycles. The van der Waals surface area contributed by atoms with E-state index in [1.807, 2.05) is 13.0 Å². The van der Waals surface area contributed by atoms with Gasteiger partial charge in [-0.25, -0.2) is 13.1 Å². The number of benzene rings is 1. The van der Waals surface area contributed by atoms with Crippen LogP contribution in [0.25, 0.3) is 0 Å². The van der Waals surface area contributed by atoms with Crippen LogP contribution >= 0.6 is 0 Å². The maximum Gasteiger partial charge on any atom is 0.240 e. The van der Waals surface area contributed by atoms with E-state index in [4.69, 9.17) is 5.26 Å². The normalized spacial score (nSPS) is 11.1. The molecule has 0 atom stereocenters. The second-order valence-electron chi connectivity index (χ2n) is 3.39. The first kappa shape index (κ1) is 13.6. The molecule has 0 unspecified atom stereocenters. The first-order chi connectivity index (χ1) is 8.10. The summed E-state index contributed by atoms with van der Waals surface area (Å²) in [5, 5.41) is 11.6. The molecule has 0 saturated carbocycles. The molecule has 0 aromatic heterocycles. The zero-order valence-electron chi connectivity index (χ0n) is 9.60. The molecule has 0 fully saturated rings. The molecule has 0 spiro atoms. The number of rotatable bonds is 6. The van der Waals surface area contributed by atoms with Crippen molar-refractivity contribution in [2.45, 2.75) is 11.8 Å². The molecular weight excluding hydrogens is 238 g/mol. The maximum absolute atomic E-state index is 11.8. The summed E-state index contributed by atoms with van der Waals surface area (Å²) < 4.78 is 26.0. The standard InChI is InChI=1S/C11H15N3O2S/c1-2-13-7-8-14-17(15,16)11-5-3-10(9-12)4-6-11/h3-6,13-14H,2,7-8H2,1H3. The highest BCUT2D eigenvalue weighted by Crippen LogP contribution is 2.09. The van der Waals surface area contributed by atoms with Crippen molar-refractivity contribution in [1.82, 2.24) is 10.0 Å². The van der Waals surface area contributed by atoms with Gasteiger partial charge in [-0.2, -0.15) is 5.26 Å². The fraction of sp³-hybridized carbons (Fsp3) is 0.364. The molecule has 0 amide bonds. The SMILES string of the molecule is CCNCCNS(=O)(=O)c1ccc(C#N)cc1. The van der Waals surface area contributed by atoms with E-state index in [1.165, 1.54) is 24.3 Å². The summed E-state index contributed by atoms with van der Waals surface area (Å²) in [6.45, 7) is 3.69. The molecule has 0 heterocycles. The zero-order valence-corrected chi connectivity index (χ0v) is 10.4. The fourth-order valence-corrected chi connectivity index (χ4v) is 2.27. The molecule has 1 aromatic rings. The van der Waals surface area contributed by atoms with Gasteiger partial charge in [-0.3, -0.25) is 0 Å². The van der Waals surface area contributed by atoms with Gasteiger partial charge in [-0.05, 0) is 30.8 Å². The van der Waals surface area contributed by atoms with Crippen molar-refractivity contribution in [2.24, 2.45) is 0 Å². The van der Waals surface area contributed by atoms with Crippen LogP contribution in [0, 0.1) is 11.3 Å². The molecule has 0 aliphatic rings. The number of sulfonamides is 1. The van der Waals surface area contributed by atoms with E-state index in [9.17, 15) is 8.42 Å². The number of nitriles is 1. The van der Waals surface area contributed by atoms with E-state index in [2.05, 4.69) is 10.0 Å². The Morgan fingerprint density at radius 2 is 1.88 bits per heavy atom. The summed E-state index contributed by atoms with van der Waals surface area (Å²) in [5.41, 5.74) is 0.441. The summed E-state index contributed by atoms with van der Waals surface area (Å²) in [4.78, 5) is 0.174. The predicted octanol–water partition coefficient (Wildman–Crippen LogP) is 0.446. The summed E-state index contributed by atoms with van der Waals surface area (Å²) in [5.74, 6) is 0. The molecule has 0 saturated heterocycles. The van der Waals surface area contributed by atoms with Crippen LogP contribution in [0.5, 0.6) is 0 Å². The molecule has 1 aromatic carbocycles. The quantitative estimate of drug-likeness (QED) is 0.721. The first-order valence-electron chi connectivity index (χ1n) is 5.30. The minimum absolute atomic E-state index is 0.174. The van der Waals surface area contributed by atoms with Gasteiger partial charge in [0.25, 0.3) is 0 Å². The largest absolute Gasteiger partial charge is 0.316 e. The van der Waals surface area contributed by atoms with Crippen LogP contribution in [0.15, 0.2) is 29.2 Å². The van der Waals surface area contributed by atoms with Crippen LogP contribution in [-0.4, -0.2) is 28.1 Å². The van der Waals surface area contributed by atoms with Crippen molar-refractivity contribution < 1.29 is 8.42 Å². The number of likely N-dealkylation sites (N-methyl/N-ethyl adjacent to an activating group) is 1. The van der Waals surface area contributed by atoms with Crippen LogP contribution < -0.4 is 10.0 Å². The number of hydrogen-bond acceptors (Lipinski definition) is 4. The minimum Gasteiger partial charge on any atom is -0.316 e. The topological polar surface area (TPSA) is 82.0 Å². The second kappa shape index (κ2) is 6.35. The van der Waals surface area contributed by atoms with Gasteiger partial charge in [0.15, 0.2) is 0 Å². The Labute approximate surface area is 102 Å². The third-order valence-corrected chi connectivity index (χ3v) is 3.61. The second-order valence-corrected chi connectivity index (χ2v) is 5.15. The molecule has 5 nitrogen and oxygen atoms in total. The van der Waals surface area contributed by atoms with Crippen molar-refractivity contribution in [1.29, 1.82) is 5.26 Å². The molecule has 0 radical (unpaired) electrons. The number of hydrogen-bond donors (Lipinski definition) is 2. The zero-order chi connectivity index (χ0) is 12.7. The van der Waals surface area contributed by atoms with Gasteiger partial charge in [0.1, 0.15) is 0 Å². The predicted molar refractivity (Wildman–Crippen MR) is 64.9 cm³/mol. The summed E-state index contributed by atoms with van der Waals surface area (Å²) in [6, 6.07) is 7.76. The van der Waals surface area contributed by atoms with E-state index in [-0.39, 0.29) is 4.90 Å². The highest BCUT2D eigenvalue weighted by Gasteiger charge is 2.12. The Kier molecular flexibility index (Phi) is 5.10. The van der Waals surface area contributed by atoms with E-state index in [0.29, 0.717) is 18.7 Å². The Morgan fingerprint density at radius 1 is 1.24 bits per heavy atom. The average Bonchev–Trinajstić information content (AvgIpc) is 2.35. The molecule has 17 heavy (non-hydrogen) atoms. The van der Waals surface area contributed by atoms with Gasteiger partial charge in [-0.15, -0.1) is 0 Å².